The molecule has 0 atom stereocenters. The minimum atomic E-state index is -0.0661. The lowest BCUT2D eigenvalue weighted by atomic mass is 10.1. The third kappa shape index (κ3) is 7.01. The van der Waals surface area contributed by atoms with Gasteiger partial charge in [0, 0.05) is 45.0 Å². The first-order chi connectivity index (χ1) is 14.9. The van der Waals surface area contributed by atoms with Crippen molar-refractivity contribution in [3.8, 4) is 5.75 Å². The van der Waals surface area contributed by atoms with E-state index >= 15 is 0 Å². The highest BCUT2D eigenvalue weighted by atomic mass is 79.9. The second kappa shape index (κ2) is 11.2. The summed E-state index contributed by atoms with van der Waals surface area (Å²) in [6.07, 6.45) is 0. The Bertz CT molecular complexity index is 1040. The van der Waals surface area contributed by atoms with Gasteiger partial charge in [-0.2, -0.15) is 0 Å². The summed E-state index contributed by atoms with van der Waals surface area (Å²) in [4.78, 5) is 12.3. The molecule has 4 nitrogen and oxygen atoms in total. The highest BCUT2D eigenvalue weighted by molar-refractivity contribution is 9.10. The van der Waals surface area contributed by atoms with Gasteiger partial charge < -0.3 is 15.4 Å². The lowest BCUT2D eigenvalue weighted by molar-refractivity contribution is 0.0949. The van der Waals surface area contributed by atoms with Crippen molar-refractivity contribution >= 4 is 39.1 Å². The van der Waals surface area contributed by atoms with E-state index in [9.17, 15) is 4.79 Å². The molecule has 0 saturated heterocycles. The number of halogens is 2. The third-order valence-corrected chi connectivity index (χ3v) is 5.50. The van der Waals surface area contributed by atoms with Crippen molar-refractivity contribution in [1.29, 1.82) is 0 Å². The molecule has 31 heavy (non-hydrogen) atoms. The summed E-state index contributed by atoms with van der Waals surface area (Å²) >= 11 is 9.78. The van der Waals surface area contributed by atoms with Crippen LogP contribution in [-0.4, -0.2) is 12.5 Å². The van der Waals surface area contributed by atoms with Crippen molar-refractivity contribution in [2.24, 2.45) is 5.92 Å². The van der Waals surface area contributed by atoms with Crippen LogP contribution in [0.25, 0.3) is 0 Å². The van der Waals surface area contributed by atoms with Crippen LogP contribution in [0, 0.1) is 5.92 Å². The van der Waals surface area contributed by atoms with Crippen molar-refractivity contribution in [2.75, 3.05) is 11.9 Å². The predicted octanol–water partition coefficient (Wildman–Crippen LogP) is 6.68. The summed E-state index contributed by atoms with van der Waals surface area (Å²) in [6.45, 7) is 5.73. The van der Waals surface area contributed by atoms with E-state index < -0.39 is 0 Å². The maximum absolute atomic E-state index is 12.3. The molecule has 3 aromatic carbocycles. The van der Waals surface area contributed by atoms with Gasteiger partial charge in [-0.15, -0.1) is 0 Å². The Hall–Kier alpha value is -2.50. The third-order valence-electron chi connectivity index (χ3n) is 4.64. The molecule has 3 aromatic rings. The van der Waals surface area contributed by atoms with Gasteiger partial charge in [-0.1, -0.05) is 65.6 Å². The van der Waals surface area contributed by atoms with Crippen molar-refractivity contribution in [1.82, 2.24) is 5.32 Å². The van der Waals surface area contributed by atoms with Gasteiger partial charge in [0.15, 0.2) is 0 Å². The maximum atomic E-state index is 12.3. The summed E-state index contributed by atoms with van der Waals surface area (Å²) in [5.41, 5.74) is 3.44. The number of anilines is 1. The Kier molecular flexibility index (Phi) is 8.38. The minimum absolute atomic E-state index is 0.0661. The van der Waals surface area contributed by atoms with Crippen LogP contribution < -0.4 is 15.4 Å². The van der Waals surface area contributed by atoms with Crippen LogP contribution in [0.15, 0.2) is 71.2 Å². The number of carbonyl (C=O) groups excluding carboxylic acids is 1. The standard InChI is InChI=1S/C25H26BrClN2O2/c1-17(2)14-29-25(30)18-7-5-8-22(13-18)28-15-20-12-21(26)10-11-24(20)31-16-19-6-3-4-9-23(19)27/h3-13,17,28H,14-16H2,1-2H3,(H,29,30). The molecule has 0 heterocycles. The van der Waals surface area contributed by atoms with Gasteiger partial charge in [0.2, 0.25) is 0 Å². The summed E-state index contributed by atoms with van der Waals surface area (Å²) in [5.74, 6) is 1.12. The van der Waals surface area contributed by atoms with Crippen molar-refractivity contribution < 1.29 is 9.53 Å². The highest BCUT2D eigenvalue weighted by Gasteiger charge is 2.09. The molecule has 0 unspecified atom stereocenters. The van der Waals surface area contributed by atoms with Crippen molar-refractivity contribution in [3.05, 3.63) is 92.9 Å². The predicted molar refractivity (Wildman–Crippen MR) is 131 cm³/mol. The van der Waals surface area contributed by atoms with E-state index in [-0.39, 0.29) is 5.91 Å². The van der Waals surface area contributed by atoms with Crippen LogP contribution in [0.1, 0.15) is 35.3 Å². The van der Waals surface area contributed by atoms with Crippen molar-refractivity contribution in [3.63, 3.8) is 0 Å². The smallest absolute Gasteiger partial charge is 0.251 e. The molecule has 0 saturated carbocycles. The number of hydrogen-bond acceptors (Lipinski definition) is 3. The first-order valence-electron chi connectivity index (χ1n) is 10.2. The Morgan fingerprint density at radius 2 is 1.84 bits per heavy atom. The molecule has 0 aliphatic rings. The van der Waals surface area contributed by atoms with Crippen molar-refractivity contribution in [2.45, 2.75) is 27.0 Å². The van der Waals surface area contributed by atoms with E-state index in [0.717, 1.165) is 27.0 Å². The molecule has 3 rings (SSSR count). The molecule has 162 valence electrons. The average molecular weight is 502 g/mol. The normalized spacial score (nSPS) is 10.7. The molecule has 0 aliphatic carbocycles. The first-order valence-corrected chi connectivity index (χ1v) is 11.4. The molecular formula is C25H26BrClN2O2. The van der Waals surface area contributed by atoms with Crippen LogP contribution in [0.3, 0.4) is 0 Å². The number of benzene rings is 3. The zero-order valence-electron chi connectivity index (χ0n) is 17.6. The Labute approximate surface area is 197 Å². The molecule has 0 bridgehead atoms. The molecule has 2 N–H and O–H groups in total. The quantitative estimate of drug-likeness (QED) is 0.344. The first kappa shape index (κ1) is 23.2. The number of rotatable bonds is 9. The van der Waals surface area contributed by atoms with Crippen LogP contribution in [-0.2, 0) is 13.2 Å². The second-order valence-electron chi connectivity index (χ2n) is 7.67. The van der Waals surface area contributed by atoms with Crippen LogP contribution in [0.2, 0.25) is 5.02 Å². The zero-order chi connectivity index (χ0) is 22.2. The van der Waals surface area contributed by atoms with E-state index in [0.29, 0.717) is 36.2 Å². The molecule has 0 aliphatic heterocycles. The topological polar surface area (TPSA) is 50.4 Å². The molecule has 0 fully saturated rings. The van der Waals surface area contributed by atoms with Crippen LogP contribution >= 0.6 is 27.5 Å². The zero-order valence-corrected chi connectivity index (χ0v) is 20.0. The molecule has 1 amide bonds. The van der Waals surface area contributed by atoms with Gasteiger partial charge >= 0.3 is 0 Å². The molecule has 0 radical (unpaired) electrons. The number of amides is 1. The van der Waals surface area contributed by atoms with E-state index in [1.165, 1.54) is 0 Å². The Morgan fingerprint density at radius 3 is 2.61 bits per heavy atom. The fourth-order valence-corrected chi connectivity index (χ4v) is 3.56. The molecule has 0 spiro atoms. The van der Waals surface area contributed by atoms with E-state index in [4.69, 9.17) is 16.3 Å². The van der Waals surface area contributed by atoms with E-state index in [1.807, 2.05) is 66.7 Å². The van der Waals surface area contributed by atoms with E-state index in [2.05, 4.69) is 40.4 Å². The Balaban J connectivity index is 1.67. The minimum Gasteiger partial charge on any atom is -0.488 e. The molecule has 6 heteroatoms. The van der Waals surface area contributed by atoms with Crippen LogP contribution in [0.5, 0.6) is 5.75 Å². The fraction of sp³-hybridized carbons (Fsp3) is 0.240. The summed E-state index contributed by atoms with van der Waals surface area (Å²) in [5, 5.41) is 7.03. The van der Waals surface area contributed by atoms with E-state index in [1.54, 1.807) is 0 Å². The largest absolute Gasteiger partial charge is 0.488 e. The average Bonchev–Trinajstić information content (AvgIpc) is 2.76. The lowest BCUT2D eigenvalue weighted by Gasteiger charge is -2.15. The number of nitrogens with one attached hydrogen (secondary N) is 2. The lowest BCUT2D eigenvalue weighted by Crippen LogP contribution is -2.27. The van der Waals surface area contributed by atoms with Gasteiger partial charge in [-0.3, -0.25) is 4.79 Å². The number of ether oxygens (including phenoxy) is 1. The summed E-state index contributed by atoms with van der Waals surface area (Å²) < 4.78 is 7.02. The number of carbonyl (C=O) groups is 1. The van der Waals surface area contributed by atoms with Gasteiger partial charge in [-0.25, -0.2) is 0 Å². The summed E-state index contributed by atoms with van der Waals surface area (Å²) in [6, 6.07) is 21.1. The van der Waals surface area contributed by atoms with Gasteiger partial charge in [0.25, 0.3) is 5.91 Å². The monoisotopic (exact) mass is 500 g/mol. The van der Waals surface area contributed by atoms with Gasteiger partial charge in [0.1, 0.15) is 12.4 Å². The van der Waals surface area contributed by atoms with Gasteiger partial charge in [0.05, 0.1) is 0 Å². The van der Waals surface area contributed by atoms with Crippen LogP contribution in [0.4, 0.5) is 5.69 Å². The van der Waals surface area contributed by atoms with Gasteiger partial charge in [-0.05, 0) is 48.4 Å². The SMILES string of the molecule is CC(C)CNC(=O)c1cccc(NCc2cc(Br)ccc2OCc2ccccc2Cl)c1. The Morgan fingerprint density at radius 1 is 1.03 bits per heavy atom. The maximum Gasteiger partial charge on any atom is 0.251 e. The fourth-order valence-electron chi connectivity index (χ4n) is 2.96. The molecular weight excluding hydrogens is 476 g/mol. The summed E-state index contributed by atoms with van der Waals surface area (Å²) in [7, 11) is 0. The second-order valence-corrected chi connectivity index (χ2v) is 8.99. The highest BCUT2D eigenvalue weighted by Crippen LogP contribution is 2.26. The molecule has 0 aromatic heterocycles. The number of hydrogen-bond donors (Lipinski definition) is 2.